The molecule has 1 aromatic rings. The summed E-state index contributed by atoms with van der Waals surface area (Å²) in [7, 11) is -2.36. The van der Waals surface area contributed by atoms with E-state index in [2.05, 4.69) is 10.0 Å². The maximum Gasteiger partial charge on any atom is 0.241 e. The fourth-order valence-electron chi connectivity index (χ4n) is 1.70. The van der Waals surface area contributed by atoms with E-state index >= 15 is 0 Å². The minimum atomic E-state index is -3.80. The third-order valence-corrected chi connectivity index (χ3v) is 4.45. The van der Waals surface area contributed by atoms with Gasteiger partial charge >= 0.3 is 0 Å². The van der Waals surface area contributed by atoms with Crippen LogP contribution in [0.5, 0.6) is 0 Å². The smallest absolute Gasteiger partial charge is 0.241 e. The molecule has 0 saturated heterocycles. The fourth-order valence-corrected chi connectivity index (χ4v) is 2.95. The molecular formula is C13H20N2O4S. The van der Waals surface area contributed by atoms with Gasteiger partial charge in [-0.1, -0.05) is 19.1 Å². The molecule has 7 heteroatoms. The summed E-state index contributed by atoms with van der Waals surface area (Å²) in [5, 5.41) is 12.1. The molecule has 0 aromatic heterocycles. The predicted molar refractivity (Wildman–Crippen MR) is 75.5 cm³/mol. The molecule has 0 radical (unpaired) electrons. The summed E-state index contributed by atoms with van der Waals surface area (Å²) >= 11 is 0. The lowest BCUT2D eigenvalue weighted by Gasteiger charge is -2.14. The van der Waals surface area contributed by atoms with Crippen LogP contribution < -0.4 is 10.0 Å². The van der Waals surface area contributed by atoms with Crippen molar-refractivity contribution in [1.82, 2.24) is 10.0 Å². The van der Waals surface area contributed by atoms with Crippen LogP contribution in [0.3, 0.4) is 0 Å². The molecule has 0 aliphatic rings. The predicted octanol–water partition coefficient (Wildman–Crippen LogP) is 0.543. The number of carbonyl (C=O) groups is 1. The van der Waals surface area contributed by atoms with Crippen LogP contribution in [-0.4, -0.2) is 32.5 Å². The van der Waals surface area contributed by atoms with Crippen LogP contribution in [-0.2, 0) is 14.8 Å². The standard InChI is InChI=1S/C13H20N2O4S/c1-4-12(16)10-6-5-7-11(8-10)20(18,19)15-9(2)13(17)14-3/h5-9,12,15-16H,4H2,1-3H3,(H,14,17). The van der Waals surface area contributed by atoms with Gasteiger partial charge in [0, 0.05) is 7.05 Å². The number of benzene rings is 1. The van der Waals surface area contributed by atoms with E-state index in [1.165, 1.54) is 26.1 Å². The molecule has 0 bridgehead atoms. The third kappa shape index (κ3) is 4.03. The second-order valence-corrected chi connectivity index (χ2v) is 6.17. The Kier molecular flexibility index (Phi) is 5.67. The Labute approximate surface area is 119 Å². The maximum atomic E-state index is 12.2. The van der Waals surface area contributed by atoms with Crippen molar-refractivity contribution in [3.8, 4) is 0 Å². The van der Waals surface area contributed by atoms with Gasteiger partial charge in [0.05, 0.1) is 17.0 Å². The molecule has 0 aliphatic carbocycles. The van der Waals surface area contributed by atoms with Gasteiger partial charge in [-0.05, 0) is 31.0 Å². The molecule has 0 heterocycles. The zero-order valence-corrected chi connectivity index (χ0v) is 12.6. The summed E-state index contributed by atoms with van der Waals surface area (Å²) in [4.78, 5) is 11.4. The normalized spacial score (nSPS) is 14.6. The van der Waals surface area contributed by atoms with Gasteiger partial charge in [0.15, 0.2) is 0 Å². The van der Waals surface area contributed by atoms with E-state index < -0.39 is 28.1 Å². The van der Waals surface area contributed by atoms with Crippen LogP contribution in [0.1, 0.15) is 31.9 Å². The average molecular weight is 300 g/mol. The van der Waals surface area contributed by atoms with Crippen LogP contribution in [0, 0.1) is 0 Å². The van der Waals surface area contributed by atoms with Gasteiger partial charge in [-0.15, -0.1) is 0 Å². The molecule has 1 aromatic carbocycles. The molecule has 0 aliphatic heterocycles. The minimum Gasteiger partial charge on any atom is -0.388 e. The number of hydrogen-bond acceptors (Lipinski definition) is 4. The lowest BCUT2D eigenvalue weighted by Crippen LogP contribution is -2.43. The first-order valence-electron chi connectivity index (χ1n) is 6.33. The molecule has 2 unspecified atom stereocenters. The molecule has 1 amide bonds. The van der Waals surface area contributed by atoms with E-state index in [9.17, 15) is 18.3 Å². The van der Waals surface area contributed by atoms with Gasteiger partial charge in [-0.2, -0.15) is 4.72 Å². The number of hydrogen-bond donors (Lipinski definition) is 3. The lowest BCUT2D eigenvalue weighted by atomic mass is 10.1. The molecular weight excluding hydrogens is 280 g/mol. The first-order valence-corrected chi connectivity index (χ1v) is 7.82. The highest BCUT2D eigenvalue weighted by Gasteiger charge is 2.22. The highest BCUT2D eigenvalue weighted by Crippen LogP contribution is 2.19. The van der Waals surface area contributed by atoms with E-state index in [4.69, 9.17) is 0 Å². The largest absolute Gasteiger partial charge is 0.388 e. The lowest BCUT2D eigenvalue weighted by molar-refractivity contribution is -0.121. The van der Waals surface area contributed by atoms with Gasteiger partial charge in [0.2, 0.25) is 15.9 Å². The molecule has 0 spiro atoms. The first kappa shape index (κ1) is 16.6. The van der Waals surface area contributed by atoms with E-state index in [1.807, 2.05) is 0 Å². The molecule has 6 nitrogen and oxygen atoms in total. The number of sulfonamides is 1. The SMILES string of the molecule is CCC(O)c1cccc(S(=O)(=O)NC(C)C(=O)NC)c1. The maximum absolute atomic E-state index is 12.2. The van der Waals surface area contributed by atoms with Crippen molar-refractivity contribution < 1.29 is 18.3 Å². The number of aliphatic hydroxyl groups excluding tert-OH is 1. The van der Waals surface area contributed by atoms with Crippen molar-refractivity contribution >= 4 is 15.9 Å². The van der Waals surface area contributed by atoms with E-state index in [0.29, 0.717) is 12.0 Å². The fraction of sp³-hybridized carbons (Fsp3) is 0.462. The molecule has 3 N–H and O–H groups in total. The Morgan fingerprint density at radius 3 is 2.60 bits per heavy atom. The second-order valence-electron chi connectivity index (χ2n) is 4.45. The van der Waals surface area contributed by atoms with Crippen molar-refractivity contribution in [1.29, 1.82) is 0 Å². The van der Waals surface area contributed by atoms with Crippen LogP contribution in [0.15, 0.2) is 29.2 Å². The Morgan fingerprint density at radius 1 is 1.40 bits per heavy atom. The van der Waals surface area contributed by atoms with Gasteiger partial charge in [-0.25, -0.2) is 8.42 Å². The highest BCUT2D eigenvalue weighted by atomic mass is 32.2. The van der Waals surface area contributed by atoms with E-state index in [-0.39, 0.29) is 4.90 Å². The number of rotatable bonds is 6. The molecule has 2 atom stereocenters. The number of carbonyl (C=O) groups excluding carboxylic acids is 1. The number of likely N-dealkylation sites (N-methyl/N-ethyl adjacent to an activating group) is 1. The molecule has 0 fully saturated rings. The zero-order valence-electron chi connectivity index (χ0n) is 11.8. The summed E-state index contributed by atoms with van der Waals surface area (Å²) in [6, 6.07) is 5.19. The van der Waals surface area contributed by atoms with Gasteiger partial charge in [-0.3, -0.25) is 4.79 Å². The zero-order chi connectivity index (χ0) is 15.3. The van der Waals surface area contributed by atoms with Gasteiger partial charge < -0.3 is 10.4 Å². The number of amides is 1. The summed E-state index contributed by atoms with van der Waals surface area (Å²) in [5.74, 6) is -0.418. The van der Waals surface area contributed by atoms with Gasteiger partial charge in [0.25, 0.3) is 0 Å². The summed E-state index contributed by atoms with van der Waals surface area (Å²) in [5.41, 5.74) is 0.531. The van der Waals surface area contributed by atoms with Crippen LogP contribution in [0.4, 0.5) is 0 Å². The van der Waals surface area contributed by atoms with Crippen molar-refractivity contribution in [2.45, 2.75) is 37.3 Å². The molecule has 112 valence electrons. The number of nitrogens with one attached hydrogen (secondary N) is 2. The Hall–Kier alpha value is -1.44. The topological polar surface area (TPSA) is 95.5 Å². The Bertz CT molecular complexity index is 571. The van der Waals surface area contributed by atoms with E-state index in [0.717, 1.165) is 0 Å². The monoisotopic (exact) mass is 300 g/mol. The minimum absolute atomic E-state index is 0.0262. The van der Waals surface area contributed by atoms with Crippen molar-refractivity contribution in [2.24, 2.45) is 0 Å². The molecule has 0 saturated carbocycles. The van der Waals surface area contributed by atoms with E-state index in [1.54, 1.807) is 19.1 Å². The highest BCUT2D eigenvalue weighted by molar-refractivity contribution is 7.89. The Balaban J connectivity index is 3.01. The second kappa shape index (κ2) is 6.83. The van der Waals surface area contributed by atoms with Crippen molar-refractivity contribution in [2.75, 3.05) is 7.05 Å². The Morgan fingerprint density at radius 2 is 2.05 bits per heavy atom. The summed E-state index contributed by atoms with van der Waals surface area (Å²) < 4.78 is 26.6. The number of aliphatic hydroxyl groups is 1. The summed E-state index contributed by atoms with van der Waals surface area (Å²) in [6.07, 6.45) is -0.215. The summed E-state index contributed by atoms with van der Waals surface area (Å²) in [6.45, 7) is 3.26. The van der Waals surface area contributed by atoms with Crippen LogP contribution in [0.2, 0.25) is 0 Å². The quantitative estimate of drug-likeness (QED) is 0.714. The van der Waals surface area contributed by atoms with Crippen LogP contribution in [0.25, 0.3) is 0 Å². The van der Waals surface area contributed by atoms with Crippen molar-refractivity contribution in [3.63, 3.8) is 0 Å². The third-order valence-electron chi connectivity index (χ3n) is 2.91. The van der Waals surface area contributed by atoms with Crippen LogP contribution >= 0.6 is 0 Å². The average Bonchev–Trinajstić information content (AvgIpc) is 2.45. The van der Waals surface area contributed by atoms with Gasteiger partial charge in [0.1, 0.15) is 0 Å². The first-order chi connectivity index (χ1) is 9.31. The molecule has 20 heavy (non-hydrogen) atoms. The molecule has 1 rings (SSSR count). The van der Waals surface area contributed by atoms with Crippen molar-refractivity contribution in [3.05, 3.63) is 29.8 Å².